The van der Waals surface area contributed by atoms with Gasteiger partial charge in [0.1, 0.15) is 24.9 Å². The number of aliphatic hydroxyl groups is 3. The minimum absolute atomic E-state index is 0.127. The zero-order valence-electron chi connectivity index (χ0n) is 17.4. The Labute approximate surface area is 176 Å². The lowest BCUT2D eigenvalue weighted by Crippen LogP contribution is -2.61. The Bertz CT molecular complexity index is 729. The predicted molar refractivity (Wildman–Crippen MR) is 107 cm³/mol. The van der Waals surface area contributed by atoms with Crippen molar-refractivity contribution in [2.45, 2.75) is 63.8 Å². The van der Waals surface area contributed by atoms with Crippen molar-refractivity contribution < 1.29 is 39.1 Å². The van der Waals surface area contributed by atoms with Crippen molar-refractivity contribution in [2.75, 3.05) is 6.61 Å². The van der Waals surface area contributed by atoms with Gasteiger partial charge in [-0.25, -0.2) is 4.79 Å². The third kappa shape index (κ3) is 5.89. The highest BCUT2D eigenvalue weighted by Gasteiger charge is 2.49. The molecular formula is C22H30O8. The molecule has 3 N–H and O–H groups in total. The van der Waals surface area contributed by atoms with Crippen molar-refractivity contribution in [3.05, 3.63) is 48.0 Å². The maximum absolute atomic E-state index is 12.6. The lowest BCUT2D eigenvalue weighted by atomic mass is 9.96. The van der Waals surface area contributed by atoms with Gasteiger partial charge in [-0.1, -0.05) is 50.8 Å². The van der Waals surface area contributed by atoms with E-state index in [1.54, 1.807) is 6.92 Å². The summed E-state index contributed by atoms with van der Waals surface area (Å²) in [4.78, 5) is 24.6. The smallest absolute Gasteiger partial charge is 0.338 e. The Morgan fingerprint density at radius 2 is 1.73 bits per heavy atom. The lowest BCUT2D eigenvalue weighted by Gasteiger charge is -2.38. The van der Waals surface area contributed by atoms with Crippen LogP contribution in [0.1, 0.15) is 37.8 Å². The van der Waals surface area contributed by atoms with Crippen molar-refractivity contribution in [1.82, 2.24) is 0 Å². The molecule has 1 saturated heterocycles. The van der Waals surface area contributed by atoms with Crippen LogP contribution in [0.4, 0.5) is 0 Å². The number of esters is 2. The molecule has 1 aromatic carbocycles. The zero-order chi connectivity index (χ0) is 22.4. The van der Waals surface area contributed by atoms with Crippen molar-refractivity contribution in [3.8, 4) is 0 Å². The molecule has 2 rings (SSSR count). The average molecular weight is 422 g/mol. The maximum Gasteiger partial charge on any atom is 0.338 e. The van der Waals surface area contributed by atoms with Crippen LogP contribution < -0.4 is 0 Å². The van der Waals surface area contributed by atoms with Gasteiger partial charge in [-0.3, -0.25) is 4.79 Å². The van der Waals surface area contributed by atoms with E-state index in [0.717, 1.165) is 12.0 Å². The number of rotatable bonds is 8. The van der Waals surface area contributed by atoms with Crippen LogP contribution >= 0.6 is 0 Å². The normalized spacial score (nSPS) is 27.4. The molecule has 1 heterocycles. The van der Waals surface area contributed by atoms with Crippen molar-refractivity contribution in [3.63, 3.8) is 0 Å². The molecular weight excluding hydrogens is 392 g/mol. The number of ether oxygens (including phenoxy) is 3. The van der Waals surface area contributed by atoms with E-state index >= 15 is 0 Å². The average Bonchev–Trinajstić information content (AvgIpc) is 2.71. The molecule has 166 valence electrons. The van der Waals surface area contributed by atoms with Gasteiger partial charge < -0.3 is 29.5 Å². The fourth-order valence-electron chi connectivity index (χ4n) is 3.13. The number of hydrogen-bond donors (Lipinski definition) is 3. The van der Waals surface area contributed by atoms with E-state index in [-0.39, 0.29) is 6.61 Å². The highest BCUT2D eigenvalue weighted by Crippen LogP contribution is 2.26. The highest BCUT2D eigenvalue weighted by atomic mass is 16.7. The van der Waals surface area contributed by atoms with E-state index in [2.05, 4.69) is 20.4 Å². The first-order valence-electron chi connectivity index (χ1n) is 9.92. The van der Waals surface area contributed by atoms with Crippen LogP contribution in [0.5, 0.6) is 0 Å². The Hall–Kier alpha value is -2.26. The summed E-state index contributed by atoms with van der Waals surface area (Å²) in [5.41, 5.74) is 1.86. The summed E-state index contributed by atoms with van der Waals surface area (Å²) in [7, 11) is 0. The molecule has 0 bridgehead atoms. The van der Waals surface area contributed by atoms with Gasteiger partial charge in [-0.15, -0.1) is 0 Å². The monoisotopic (exact) mass is 422 g/mol. The molecule has 1 aromatic rings. The van der Waals surface area contributed by atoms with Crippen LogP contribution in [-0.4, -0.2) is 64.6 Å². The minimum atomic E-state index is -1.76. The van der Waals surface area contributed by atoms with Gasteiger partial charge in [0.15, 0.2) is 6.10 Å². The molecule has 0 spiro atoms. The summed E-state index contributed by atoms with van der Waals surface area (Å²) in [6.07, 6.45) is -6.24. The minimum Gasteiger partial charge on any atom is -0.459 e. The van der Waals surface area contributed by atoms with Gasteiger partial charge in [0.05, 0.1) is 5.92 Å². The molecule has 1 fully saturated rings. The quantitative estimate of drug-likeness (QED) is 0.420. The topological polar surface area (TPSA) is 123 Å². The third-order valence-electron chi connectivity index (χ3n) is 4.85. The van der Waals surface area contributed by atoms with Crippen LogP contribution in [0.2, 0.25) is 0 Å². The zero-order valence-corrected chi connectivity index (χ0v) is 17.4. The van der Waals surface area contributed by atoms with Crippen molar-refractivity contribution in [1.29, 1.82) is 0 Å². The summed E-state index contributed by atoms with van der Waals surface area (Å²) in [5, 5.41) is 30.2. The van der Waals surface area contributed by atoms with Crippen LogP contribution in [-0.2, 0) is 30.2 Å². The Balaban J connectivity index is 2.06. The molecule has 1 aliphatic heterocycles. The molecule has 8 nitrogen and oxygen atoms in total. The molecule has 0 unspecified atom stereocenters. The summed E-state index contributed by atoms with van der Waals surface area (Å²) in [6, 6.07) is 7.54. The number of carbonyl (C=O) groups excluding carboxylic acids is 2. The van der Waals surface area contributed by atoms with E-state index in [1.165, 1.54) is 6.08 Å². The summed E-state index contributed by atoms with van der Waals surface area (Å²) in [6.45, 7) is 9.16. The number of benzene rings is 1. The first-order valence-corrected chi connectivity index (χ1v) is 9.92. The number of aliphatic hydroxyl groups excluding tert-OH is 3. The molecule has 30 heavy (non-hydrogen) atoms. The Kier molecular flexibility index (Phi) is 8.54. The molecule has 6 atom stereocenters. The lowest BCUT2D eigenvalue weighted by molar-refractivity contribution is -0.287. The number of hydrogen-bond acceptors (Lipinski definition) is 8. The second-order valence-corrected chi connectivity index (χ2v) is 7.81. The van der Waals surface area contributed by atoms with Crippen molar-refractivity contribution in [2.24, 2.45) is 5.92 Å². The van der Waals surface area contributed by atoms with Gasteiger partial charge in [0, 0.05) is 0 Å². The first-order chi connectivity index (χ1) is 14.1. The van der Waals surface area contributed by atoms with E-state index in [9.17, 15) is 24.9 Å². The molecule has 8 heteroatoms. The second-order valence-electron chi connectivity index (χ2n) is 7.81. The van der Waals surface area contributed by atoms with E-state index < -0.39 is 48.6 Å². The van der Waals surface area contributed by atoms with Crippen LogP contribution in [0.3, 0.4) is 0 Å². The summed E-state index contributed by atoms with van der Waals surface area (Å²) in [5.74, 6) is -1.85. The largest absolute Gasteiger partial charge is 0.459 e. The van der Waals surface area contributed by atoms with Crippen molar-refractivity contribution >= 4 is 11.9 Å². The van der Waals surface area contributed by atoms with Gasteiger partial charge in [0.2, 0.25) is 6.29 Å². The van der Waals surface area contributed by atoms with E-state index in [1.807, 2.05) is 24.3 Å². The number of carbonyl (C=O) groups is 2. The molecule has 0 saturated carbocycles. The molecule has 1 aliphatic rings. The Morgan fingerprint density at radius 1 is 1.10 bits per heavy atom. The fraction of sp³-hybridized carbons (Fsp3) is 0.545. The van der Waals surface area contributed by atoms with Gasteiger partial charge in [-0.05, 0) is 30.4 Å². The fourth-order valence-corrected chi connectivity index (χ4v) is 3.13. The molecule has 0 aromatic heterocycles. The predicted octanol–water partition coefficient (Wildman–Crippen LogP) is 1.07. The second kappa shape index (κ2) is 10.7. The van der Waals surface area contributed by atoms with Gasteiger partial charge in [-0.2, -0.15) is 0 Å². The molecule has 0 radical (unpaired) electrons. The van der Waals surface area contributed by atoms with Crippen LogP contribution in [0.25, 0.3) is 0 Å². The third-order valence-corrected chi connectivity index (χ3v) is 4.85. The SMILES string of the molecule is C=CCOC(=O)[C@H]1O[C@@H](OC(=O)[C@H](C)c2ccc(CC(C)C)cc2)[C@H](O)[C@@H](O)[C@@H]1O. The van der Waals surface area contributed by atoms with E-state index in [4.69, 9.17) is 14.2 Å². The molecule has 0 amide bonds. The van der Waals surface area contributed by atoms with Crippen LogP contribution in [0, 0.1) is 5.92 Å². The van der Waals surface area contributed by atoms with Crippen LogP contribution in [0.15, 0.2) is 36.9 Å². The maximum atomic E-state index is 12.6. The highest BCUT2D eigenvalue weighted by molar-refractivity contribution is 5.78. The van der Waals surface area contributed by atoms with Gasteiger partial charge >= 0.3 is 11.9 Å². The Morgan fingerprint density at radius 3 is 2.30 bits per heavy atom. The first kappa shape index (κ1) is 24.0. The van der Waals surface area contributed by atoms with Gasteiger partial charge in [0.25, 0.3) is 0 Å². The summed E-state index contributed by atoms with van der Waals surface area (Å²) >= 11 is 0. The van der Waals surface area contributed by atoms with E-state index in [0.29, 0.717) is 11.5 Å². The standard InChI is InChI=1S/C22H30O8/c1-5-10-28-21(27)19-17(24)16(23)18(25)22(29-19)30-20(26)13(4)15-8-6-14(7-9-15)11-12(2)3/h5-9,12-13,16-19,22-25H,1,10-11H2,2-4H3/t13-,16+,17+,18-,19+,22+/m1/s1. The summed E-state index contributed by atoms with van der Waals surface area (Å²) < 4.78 is 15.3. The molecule has 0 aliphatic carbocycles.